The van der Waals surface area contributed by atoms with Crippen LogP contribution in [-0.4, -0.2) is 63.0 Å². The number of likely N-dealkylation sites (tertiary alicyclic amines) is 1. The first-order valence-electron chi connectivity index (χ1n) is 10.1. The largest absolute Gasteiger partial charge is 0.481 e. The topological polar surface area (TPSA) is 91.1 Å². The Bertz CT molecular complexity index is 1080. The molecule has 3 aromatic rings. The highest BCUT2D eigenvalue weighted by Gasteiger charge is 2.26. The van der Waals surface area contributed by atoms with E-state index in [0.717, 1.165) is 0 Å². The fourth-order valence-corrected chi connectivity index (χ4v) is 3.48. The van der Waals surface area contributed by atoms with Crippen molar-refractivity contribution in [2.45, 2.75) is 38.9 Å². The van der Waals surface area contributed by atoms with Crippen LogP contribution < -0.4 is 9.47 Å². The Balaban J connectivity index is 1.50. The minimum atomic E-state index is -0.476. The molecule has 1 aliphatic heterocycles. The van der Waals surface area contributed by atoms with E-state index in [4.69, 9.17) is 14.2 Å². The summed E-state index contributed by atoms with van der Waals surface area (Å²) < 4.78 is 32.4. The van der Waals surface area contributed by atoms with Gasteiger partial charge in [0.25, 0.3) is 0 Å². The zero-order valence-electron chi connectivity index (χ0n) is 17.6. The molecule has 0 aliphatic carbocycles. The van der Waals surface area contributed by atoms with Gasteiger partial charge in [-0.25, -0.2) is 19.2 Å². The van der Waals surface area contributed by atoms with Gasteiger partial charge in [0, 0.05) is 56.0 Å². The molecular formula is C21H24FN5O4. The number of aromatic nitrogens is 4. The summed E-state index contributed by atoms with van der Waals surface area (Å²) in [6.07, 6.45) is 5.33. The highest BCUT2D eigenvalue weighted by Crippen LogP contribution is 2.29. The molecule has 0 N–H and O–H groups in total. The van der Waals surface area contributed by atoms with Gasteiger partial charge in [-0.3, -0.25) is 0 Å². The number of piperidine rings is 1. The van der Waals surface area contributed by atoms with Crippen molar-refractivity contribution in [2.24, 2.45) is 0 Å². The molecule has 1 fully saturated rings. The Hall–Kier alpha value is -3.43. The van der Waals surface area contributed by atoms with Crippen LogP contribution in [0.4, 0.5) is 9.18 Å². The quantitative estimate of drug-likeness (QED) is 0.614. The van der Waals surface area contributed by atoms with Gasteiger partial charge in [-0.1, -0.05) is 0 Å². The predicted molar refractivity (Wildman–Crippen MR) is 110 cm³/mol. The number of rotatable bonds is 5. The van der Waals surface area contributed by atoms with E-state index in [1.54, 1.807) is 21.7 Å². The number of ether oxygens (including phenoxy) is 3. The molecule has 1 saturated heterocycles. The van der Waals surface area contributed by atoms with Gasteiger partial charge in [-0.2, -0.15) is 9.61 Å². The van der Waals surface area contributed by atoms with Crippen LogP contribution in [0.3, 0.4) is 0 Å². The van der Waals surface area contributed by atoms with Crippen LogP contribution in [-0.2, 0) is 4.74 Å². The maximum absolute atomic E-state index is 14.5. The second kappa shape index (κ2) is 8.75. The molecule has 1 aliphatic rings. The Labute approximate surface area is 178 Å². The van der Waals surface area contributed by atoms with E-state index in [1.807, 2.05) is 13.8 Å². The van der Waals surface area contributed by atoms with Crippen molar-refractivity contribution in [3.8, 4) is 22.9 Å². The Morgan fingerprint density at radius 3 is 2.65 bits per heavy atom. The SMILES string of the molecule is COc1cc(F)c(-c2cnn3c(OC4CCN(C(=O)OC(C)C)CC4)ccnc23)cn1. The van der Waals surface area contributed by atoms with Crippen molar-refractivity contribution >= 4 is 11.7 Å². The molecule has 0 spiro atoms. The molecule has 0 unspecified atom stereocenters. The van der Waals surface area contributed by atoms with Crippen LogP contribution in [0.5, 0.6) is 11.8 Å². The lowest BCUT2D eigenvalue weighted by Gasteiger charge is -2.31. The van der Waals surface area contributed by atoms with Crippen molar-refractivity contribution in [1.82, 2.24) is 24.5 Å². The second-order valence-electron chi connectivity index (χ2n) is 7.52. The van der Waals surface area contributed by atoms with Crippen LogP contribution in [0, 0.1) is 5.82 Å². The number of halogens is 1. The molecule has 31 heavy (non-hydrogen) atoms. The fraction of sp³-hybridized carbons (Fsp3) is 0.429. The first-order valence-corrected chi connectivity index (χ1v) is 10.1. The molecule has 164 valence electrons. The lowest BCUT2D eigenvalue weighted by molar-refractivity contribution is 0.0502. The highest BCUT2D eigenvalue weighted by atomic mass is 19.1. The predicted octanol–water partition coefficient (Wildman–Crippen LogP) is 3.33. The fourth-order valence-electron chi connectivity index (χ4n) is 3.48. The summed E-state index contributed by atoms with van der Waals surface area (Å²) in [6, 6.07) is 2.93. The average Bonchev–Trinajstić information content (AvgIpc) is 3.18. The van der Waals surface area contributed by atoms with E-state index in [-0.39, 0.29) is 29.7 Å². The maximum Gasteiger partial charge on any atom is 0.410 e. The highest BCUT2D eigenvalue weighted by molar-refractivity contribution is 5.77. The monoisotopic (exact) mass is 429 g/mol. The van der Waals surface area contributed by atoms with Gasteiger partial charge in [0.2, 0.25) is 11.8 Å². The number of fused-ring (bicyclic) bond motifs is 1. The van der Waals surface area contributed by atoms with Crippen molar-refractivity contribution < 1.29 is 23.4 Å². The van der Waals surface area contributed by atoms with Crippen molar-refractivity contribution in [1.29, 1.82) is 0 Å². The molecule has 0 atom stereocenters. The number of carbonyl (C=O) groups excluding carboxylic acids is 1. The van der Waals surface area contributed by atoms with Crippen molar-refractivity contribution in [2.75, 3.05) is 20.2 Å². The lowest BCUT2D eigenvalue weighted by Crippen LogP contribution is -2.42. The van der Waals surface area contributed by atoms with E-state index >= 15 is 0 Å². The zero-order chi connectivity index (χ0) is 22.0. The third-order valence-corrected chi connectivity index (χ3v) is 5.02. The molecule has 10 heteroatoms. The summed E-state index contributed by atoms with van der Waals surface area (Å²) in [4.78, 5) is 22.2. The third-order valence-electron chi connectivity index (χ3n) is 5.02. The number of amides is 1. The summed E-state index contributed by atoms with van der Waals surface area (Å²) in [5.41, 5.74) is 1.24. The van der Waals surface area contributed by atoms with Gasteiger partial charge < -0.3 is 19.1 Å². The molecule has 0 saturated carbocycles. The molecule has 4 heterocycles. The second-order valence-corrected chi connectivity index (χ2v) is 7.52. The molecule has 1 amide bonds. The van der Waals surface area contributed by atoms with E-state index in [2.05, 4.69) is 15.1 Å². The summed E-state index contributed by atoms with van der Waals surface area (Å²) in [5, 5.41) is 4.34. The first-order chi connectivity index (χ1) is 15.0. The first kappa shape index (κ1) is 20.8. The molecule has 9 nitrogen and oxygen atoms in total. The van der Waals surface area contributed by atoms with E-state index in [1.165, 1.54) is 25.6 Å². The van der Waals surface area contributed by atoms with Gasteiger partial charge >= 0.3 is 6.09 Å². The van der Waals surface area contributed by atoms with Crippen LogP contribution in [0.25, 0.3) is 16.8 Å². The molecule has 3 aromatic heterocycles. The Morgan fingerprint density at radius 2 is 1.97 bits per heavy atom. The van der Waals surface area contributed by atoms with E-state index in [0.29, 0.717) is 43.0 Å². The smallest absolute Gasteiger partial charge is 0.410 e. The molecule has 4 rings (SSSR count). The number of hydrogen-bond acceptors (Lipinski definition) is 7. The Morgan fingerprint density at radius 1 is 1.19 bits per heavy atom. The summed E-state index contributed by atoms with van der Waals surface area (Å²) in [6.45, 7) is 4.76. The third kappa shape index (κ3) is 4.37. The summed E-state index contributed by atoms with van der Waals surface area (Å²) >= 11 is 0. The van der Waals surface area contributed by atoms with Crippen LogP contribution in [0.15, 0.2) is 30.7 Å². The average molecular weight is 429 g/mol. The van der Waals surface area contributed by atoms with Gasteiger partial charge in [0.1, 0.15) is 11.9 Å². The normalized spacial score (nSPS) is 14.8. The molecule has 0 aromatic carbocycles. The maximum atomic E-state index is 14.5. The standard InChI is InChI=1S/C21H24FN5O4/c1-13(2)30-21(28)26-8-5-14(6-9-26)31-19-4-7-23-20-16(12-25-27(19)20)15-11-24-18(29-3)10-17(15)22/h4,7,10-14H,5-6,8-9H2,1-3H3. The minimum Gasteiger partial charge on any atom is -0.481 e. The summed E-state index contributed by atoms with van der Waals surface area (Å²) in [7, 11) is 1.43. The van der Waals surface area contributed by atoms with Crippen LogP contribution >= 0.6 is 0 Å². The summed E-state index contributed by atoms with van der Waals surface area (Å²) in [5.74, 6) is 0.218. The number of carbonyl (C=O) groups is 1. The van der Waals surface area contributed by atoms with Gasteiger partial charge in [0.15, 0.2) is 5.65 Å². The van der Waals surface area contributed by atoms with Gasteiger partial charge in [-0.15, -0.1) is 0 Å². The minimum absolute atomic E-state index is 0.0826. The van der Waals surface area contributed by atoms with Crippen molar-refractivity contribution in [3.63, 3.8) is 0 Å². The van der Waals surface area contributed by atoms with Crippen molar-refractivity contribution in [3.05, 3.63) is 36.5 Å². The van der Waals surface area contributed by atoms with Gasteiger partial charge in [0.05, 0.1) is 25.0 Å². The molecular weight excluding hydrogens is 405 g/mol. The lowest BCUT2D eigenvalue weighted by atomic mass is 10.1. The van der Waals surface area contributed by atoms with E-state index in [9.17, 15) is 9.18 Å². The number of hydrogen-bond donors (Lipinski definition) is 0. The number of nitrogens with zero attached hydrogens (tertiary/aromatic N) is 5. The van der Waals surface area contributed by atoms with Gasteiger partial charge in [-0.05, 0) is 13.8 Å². The molecule has 0 bridgehead atoms. The molecule has 0 radical (unpaired) electrons. The van der Waals surface area contributed by atoms with Crippen LogP contribution in [0.2, 0.25) is 0 Å². The van der Waals surface area contributed by atoms with Crippen LogP contribution in [0.1, 0.15) is 26.7 Å². The zero-order valence-corrected chi connectivity index (χ0v) is 17.6. The Kier molecular flexibility index (Phi) is 5.88. The number of methoxy groups -OCH3 is 1. The number of pyridine rings is 1. The van der Waals surface area contributed by atoms with E-state index < -0.39 is 5.82 Å².